The van der Waals surface area contributed by atoms with Crippen LogP contribution in [0.3, 0.4) is 0 Å². The van der Waals surface area contributed by atoms with Crippen molar-refractivity contribution in [2.75, 3.05) is 19.0 Å². The lowest BCUT2D eigenvalue weighted by molar-refractivity contribution is 0.0759. The Morgan fingerprint density at radius 2 is 2.25 bits per heavy atom. The van der Waals surface area contributed by atoms with E-state index in [0.29, 0.717) is 19.0 Å². The first-order valence-corrected chi connectivity index (χ1v) is 5.69. The van der Waals surface area contributed by atoms with Gasteiger partial charge in [-0.25, -0.2) is 9.37 Å². The van der Waals surface area contributed by atoms with Gasteiger partial charge >= 0.3 is 0 Å². The monoisotopic (exact) mass is 244 g/mol. The number of carbonyl (C=O) groups excluding carboxylic acids is 1. The van der Waals surface area contributed by atoms with E-state index in [-0.39, 0.29) is 11.6 Å². The SMILES string of the molecule is CCCN(CCCl)C(=O)c1ccc(F)cn1. The molecule has 0 saturated carbocycles. The summed E-state index contributed by atoms with van der Waals surface area (Å²) in [7, 11) is 0. The van der Waals surface area contributed by atoms with E-state index in [1.165, 1.54) is 12.1 Å². The largest absolute Gasteiger partial charge is 0.336 e. The fourth-order valence-electron chi connectivity index (χ4n) is 1.35. The second-order valence-corrected chi connectivity index (χ2v) is 3.72. The van der Waals surface area contributed by atoms with E-state index in [1.807, 2.05) is 6.92 Å². The molecule has 1 aromatic rings. The molecule has 5 heteroatoms. The van der Waals surface area contributed by atoms with Crippen LogP contribution in [0.1, 0.15) is 23.8 Å². The Labute approximate surface area is 99.2 Å². The van der Waals surface area contributed by atoms with Crippen LogP contribution < -0.4 is 0 Å². The molecule has 0 radical (unpaired) electrons. The standard InChI is InChI=1S/C11H14ClFN2O/c1-2-6-15(7-5-12)11(16)10-4-3-9(13)8-14-10/h3-4,8H,2,5-7H2,1H3. The van der Waals surface area contributed by atoms with Crippen molar-refractivity contribution in [1.82, 2.24) is 9.88 Å². The van der Waals surface area contributed by atoms with E-state index in [1.54, 1.807) is 4.90 Å². The summed E-state index contributed by atoms with van der Waals surface area (Å²) in [5.41, 5.74) is 0.250. The van der Waals surface area contributed by atoms with Crippen LogP contribution in [0, 0.1) is 5.82 Å². The van der Waals surface area contributed by atoms with Gasteiger partial charge in [-0.05, 0) is 18.6 Å². The molecular formula is C11H14ClFN2O. The third-order valence-corrected chi connectivity index (χ3v) is 2.25. The molecule has 0 saturated heterocycles. The van der Waals surface area contributed by atoms with Gasteiger partial charge < -0.3 is 4.90 Å². The molecule has 3 nitrogen and oxygen atoms in total. The van der Waals surface area contributed by atoms with Gasteiger partial charge in [-0.15, -0.1) is 11.6 Å². The van der Waals surface area contributed by atoms with Gasteiger partial charge in [0.15, 0.2) is 0 Å². The molecule has 0 fully saturated rings. The number of pyridine rings is 1. The Hall–Kier alpha value is -1.16. The van der Waals surface area contributed by atoms with Gasteiger partial charge in [0.2, 0.25) is 0 Å². The minimum absolute atomic E-state index is 0.206. The van der Waals surface area contributed by atoms with Crippen molar-refractivity contribution in [3.05, 3.63) is 29.8 Å². The number of hydrogen-bond donors (Lipinski definition) is 0. The topological polar surface area (TPSA) is 33.2 Å². The molecule has 1 heterocycles. The quantitative estimate of drug-likeness (QED) is 0.745. The van der Waals surface area contributed by atoms with Gasteiger partial charge in [0.1, 0.15) is 11.5 Å². The molecule has 0 atom stereocenters. The van der Waals surface area contributed by atoms with Crippen molar-refractivity contribution >= 4 is 17.5 Å². The number of halogens is 2. The van der Waals surface area contributed by atoms with E-state index >= 15 is 0 Å². The molecule has 0 unspecified atom stereocenters. The highest BCUT2D eigenvalue weighted by Gasteiger charge is 2.15. The highest BCUT2D eigenvalue weighted by Crippen LogP contribution is 2.04. The third-order valence-electron chi connectivity index (χ3n) is 2.08. The molecule has 1 amide bonds. The molecule has 1 rings (SSSR count). The Morgan fingerprint density at radius 3 is 2.75 bits per heavy atom. The number of nitrogens with zero attached hydrogens (tertiary/aromatic N) is 2. The molecule has 0 spiro atoms. The van der Waals surface area contributed by atoms with Crippen molar-refractivity contribution < 1.29 is 9.18 Å². The normalized spacial score (nSPS) is 10.2. The minimum Gasteiger partial charge on any atom is -0.336 e. The first-order valence-electron chi connectivity index (χ1n) is 5.15. The van der Waals surface area contributed by atoms with E-state index in [0.717, 1.165) is 12.6 Å². The van der Waals surface area contributed by atoms with Crippen LogP contribution in [0.4, 0.5) is 4.39 Å². The second-order valence-electron chi connectivity index (χ2n) is 3.34. The maximum absolute atomic E-state index is 12.6. The first kappa shape index (κ1) is 12.9. The Balaban J connectivity index is 2.77. The molecule has 0 aliphatic carbocycles. The highest BCUT2D eigenvalue weighted by atomic mass is 35.5. The lowest BCUT2D eigenvalue weighted by Gasteiger charge is -2.20. The number of carbonyl (C=O) groups is 1. The number of rotatable bonds is 5. The van der Waals surface area contributed by atoms with Crippen LogP contribution in [0.5, 0.6) is 0 Å². The van der Waals surface area contributed by atoms with Gasteiger partial charge in [0.05, 0.1) is 6.20 Å². The average Bonchev–Trinajstić information content (AvgIpc) is 2.29. The van der Waals surface area contributed by atoms with E-state index in [2.05, 4.69) is 4.98 Å². The Bertz CT molecular complexity index is 336. The van der Waals surface area contributed by atoms with Crippen molar-refractivity contribution in [2.45, 2.75) is 13.3 Å². The summed E-state index contributed by atoms with van der Waals surface area (Å²) in [6, 6.07) is 2.61. The smallest absolute Gasteiger partial charge is 0.272 e. The zero-order valence-electron chi connectivity index (χ0n) is 9.12. The average molecular weight is 245 g/mol. The van der Waals surface area contributed by atoms with Crippen LogP contribution in [0.2, 0.25) is 0 Å². The number of amides is 1. The maximum Gasteiger partial charge on any atom is 0.272 e. The van der Waals surface area contributed by atoms with Crippen molar-refractivity contribution in [3.8, 4) is 0 Å². The van der Waals surface area contributed by atoms with Crippen molar-refractivity contribution in [2.24, 2.45) is 0 Å². The number of hydrogen-bond acceptors (Lipinski definition) is 2. The van der Waals surface area contributed by atoms with Crippen LogP contribution in [-0.2, 0) is 0 Å². The summed E-state index contributed by atoms with van der Waals surface area (Å²) in [6.45, 7) is 3.09. The molecule has 0 N–H and O–H groups in total. The second kappa shape index (κ2) is 6.43. The molecule has 0 bridgehead atoms. The fraction of sp³-hybridized carbons (Fsp3) is 0.455. The summed E-state index contributed by atoms with van der Waals surface area (Å²) in [5, 5.41) is 0. The zero-order valence-corrected chi connectivity index (χ0v) is 9.88. The molecule has 0 aromatic carbocycles. The number of alkyl halides is 1. The lowest BCUT2D eigenvalue weighted by Crippen LogP contribution is -2.34. The molecule has 0 aliphatic heterocycles. The van der Waals surface area contributed by atoms with Crippen LogP contribution in [0.25, 0.3) is 0 Å². The van der Waals surface area contributed by atoms with E-state index < -0.39 is 5.82 Å². The van der Waals surface area contributed by atoms with Gasteiger partial charge in [-0.2, -0.15) is 0 Å². The summed E-state index contributed by atoms with van der Waals surface area (Å²) in [5.74, 6) is -0.272. The molecule has 1 aromatic heterocycles. The van der Waals surface area contributed by atoms with Crippen molar-refractivity contribution in [3.63, 3.8) is 0 Å². The Kier molecular flexibility index (Phi) is 5.19. The first-order chi connectivity index (χ1) is 7.69. The molecule has 16 heavy (non-hydrogen) atoms. The van der Waals surface area contributed by atoms with Gasteiger partial charge in [0.25, 0.3) is 5.91 Å². The van der Waals surface area contributed by atoms with Gasteiger partial charge in [0, 0.05) is 19.0 Å². The van der Waals surface area contributed by atoms with E-state index in [4.69, 9.17) is 11.6 Å². The van der Waals surface area contributed by atoms with Gasteiger partial charge in [-0.3, -0.25) is 4.79 Å². The predicted molar refractivity (Wildman–Crippen MR) is 61.1 cm³/mol. The minimum atomic E-state index is -0.448. The summed E-state index contributed by atoms with van der Waals surface area (Å²) >= 11 is 5.61. The van der Waals surface area contributed by atoms with E-state index in [9.17, 15) is 9.18 Å². The lowest BCUT2D eigenvalue weighted by atomic mass is 10.3. The van der Waals surface area contributed by atoms with Crippen molar-refractivity contribution in [1.29, 1.82) is 0 Å². The van der Waals surface area contributed by atoms with Crippen LogP contribution >= 0.6 is 11.6 Å². The maximum atomic E-state index is 12.6. The van der Waals surface area contributed by atoms with Crippen LogP contribution in [-0.4, -0.2) is 34.8 Å². The summed E-state index contributed by atoms with van der Waals surface area (Å²) in [6.07, 6.45) is 1.89. The molecular weight excluding hydrogens is 231 g/mol. The molecule has 88 valence electrons. The number of aromatic nitrogens is 1. The Morgan fingerprint density at radius 1 is 1.50 bits per heavy atom. The summed E-state index contributed by atoms with van der Waals surface area (Å²) in [4.78, 5) is 17.3. The fourth-order valence-corrected chi connectivity index (χ4v) is 1.56. The van der Waals surface area contributed by atoms with Gasteiger partial charge in [-0.1, -0.05) is 6.92 Å². The molecule has 0 aliphatic rings. The third kappa shape index (κ3) is 3.45. The zero-order chi connectivity index (χ0) is 12.0. The highest BCUT2D eigenvalue weighted by molar-refractivity contribution is 6.18. The van der Waals surface area contributed by atoms with Crippen LogP contribution in [0.15, 0.2) is 18.3 Å². The predicted octanol–water partition coefficient (Wildman–Crippen LogP) is 2.31. The summed E-state index contributed by atoms with van der Waals surface area (Å²) < 4.78 is 12.6.